The second-order valence-corrected chi connectivity index (χ2v) is 8.05. The molecule has 0 aliphatic carbocycles. The van der Waals surface area contributed by atoms with Crippen molar-refractivity contribution in [2.24, 2.45) is 5.92 Å². The van der Waals surface area contributed by atoms with Crippen LogP contribution in [0.3, 0.4) is 0 Å². The average molecular weight is 455 g/mol. The average Bonchev–Trinajstić information content (AvgIpc) is 3.30. The molecule has 0 spiro atoms. The zero-order chi connectivity index (χ0) is 24.1. The maximum absolute atomic E-state index is 13.4. The summed E-state index contributed by atoms with van der Waals surface area (Å²) in [4.78, 5) is 25.4. The summed E-state index contributed by atoms with van der Waals surface area (Å²) < 4.78 is 7.20. The minimum Gasteiger partial charge on any atom is -0.496 e. The zero-order valence-corrected chi connectivity index (χ0v) is 19.3. The van der Waals surface area contributed by atoms with Crippen LogP contribution in [0.1, 0.15) is 24.2 Å². The van der Waals surface area contributed by atoms with Gasteiger partial charge in [0, 0.05) is 29.1 Å². The van der Waals surface area contributed by atoms with Crippen molar-refractivity contribution in [3.05, 3.63) is 90.6 Å². The highest BCUT2D eigenvalue weighted by molar-refractivity contribution is 6.08. The molecule has 3 aromatic carbocycles. The second-order valence-electron chi connectivity index (χ2n) is 8.05. The van der Waals surface area contributed by atoms with Gasteiger partial charge in [0.25, 0.3) is 5.91 Å². The van der Waals surface area contributed by atoms with Gasteiger partial charge < -0.3 is 15.4 Å². The fourth-order valence-corrected chi connectivity index (χ4v) is 3.45. The first kappa shape index (κ1) is 22.8. The van der Waals surface area contributed by atoms with Crippen molar-refractivity contribution < 1.29 is 14.3 Å². The van der Waals surface area contributed by atoms with Crippen molar-refractivity contribution in [2.45, 2.75) is 13.8 Å². The maximum Gasteiger partial charge on any atom is 0.259 e. The highest BCUT2D eigenvalue weighted by atomic mass is 16.5. The van der Waals surface area contributed by atoms with Crippen LogP contribution in [-0.2, 0) is 4.79 Å². The van der Waals surface area contributed by atoms with Crippen LogP contribution in [0.25, 0.3) is 16.9 Å². The summed E-state index contributed by atoms with van der Waals surface area (Å²) in [6.45, 7) is 3.65. The topological polar surface area (TPSA) is 85.2 Å². The molecule has 34 heavy (non-hydrogen) atoms. The lowest BCUT2D eigenvalue weighted by atomic mass is 10.1. The third-order valence-electron chi connectivity index (χ3n) is 5.25. The van der Waals surface area contributed by atoms with Gasteiger partial charge in [-0.05, 0) is 42.5 Å². The van der Waals surface area contributed by atoms with Gasteiger partial charge in [0.05, 0.1) is 18.4 Å². The summed E-state index contributed by atoms with van der Waals surface area (Å²) in [7, 11) is 1.59. The molecule has 0 bridgehead atoms. The number of rotatable bonds is 7. The molecular formula is C27H26N4O3. The minimum absolute atomic E-state index is 0.0916. The van der Waals surface area contributed by atoms with Crippen molar-refractivity contribution in [3.63, 3.8) is 0 Å². The predicted octanol–water partition coefficient (Wildman–Crippen LogP) is 5.39. The first-order valence-electron chi connectivity index (χ1n) is 11.0. The van der Waals surface area contributed by atoms with Gasteiger partial charge in [-0.1, -0.05) is 50.2 Å². The van der Waals surface area contributed by atoms with Crippen LogP contribution in [0, 0.1) is 5.92 Å². The van der Waals surface area contributed by atoms with Gasteiger partial charge in [0.15, 0.2) is 0 Å². The SMILES string of the molecule is COc1ccccc1-c1nn(-c2ccccc2)cc1C(=O)Nc1cccc(NC(=O)C(C)C)c1. The molecule has 4 aromatic rings. The number of amides is 2. The van der Waals surface area contributed by atoms with E-state index in [1.54, 1.807) is 42.3 Å². The van der Waals surface area contributed by atoms with Gasteiger partial charge >= 0.3 is 0 Å². The molecule has 4 rings (SSSR count). The number of anilines is 2. The first-order valence-corrected chi connectivity index (χ1v) is 11.0. The molecule has 0 radical (unpaired) electrons. The Morgan fingerprint density at radius 2 is 1.56 bits per heavy atom. The van der Waals surface area contributed by atoms with Crippen LogP contribution in [0.4, 0.5) is 11.4 Å². The summed E-state index contributed by atoms with van der Waals surface area (Å²) in [5, 5.41) is 10.5. The Morgan fingerprint density at radius 3 is 2.26 bits per heavy atom. The number of carbonyl (C=O) groups is 2. The molecule has 1 heterocycles. The van der Waals surface area contributed by atoms with E-state index >= 15 is 0 Å². The van der Waals surface area contributed by atoms with Crippen LogP contribution >= 0.6 is 0 Å². The van der Waals surface area contributed by atoms with Gasteiger partial charge in [-0.3, -0.25) is 9.59 Å². The number of carbonyl (C=O) groups excluding carboxylic acids is 2. The summed E-state index contributed by atoms with van der Waals surface area (Å²) in [6, 6.07) is 24.1. The summed E-state index contributed by atoms with van der Waals surface area (Å²) in [5.74, 6) is 0.0558. The number of aromatic nitrogens is 2. The number of benzene rings is 3. The molecule has 1 aromatic heterocycles. The van der Waals surface area contributed by atoms with Gasteiger partial charge in [-0.15, -0.1) is 0 Å². The Labute approximate surface area is 198 Å². The third kappa shape index (κ3) is 4.99. The van der Waals surface area contributed by atoms with Crippen molar-refractivity contribution in [1.82, 2.24) is 9.78 Å². The molecule has 0 atom stereocenters. The lowest BCUT2D eigenvalue weighted by Crippen LogP contribution is -2.18. The molecule has 0 saturated carbocycles. The lowest BCUT2D eigenvalue weighted by molar-refractivity contribution is -0.118. The molecule has 0 unspecified atom stereocenters. The summed E-state index contributed by atoms with van der Waals surface area (Å²) in [6.07, 6.45) is 1.71. The number of nitrogens with zero attached hydrogens (tertiary/aromatic N) is 2. The standard InChI is InChI=1S/C27H26N4O3/c1-18(2)26(32)28-19-10-9-11-20(16-19)29-27(33)23-17-31(21-12-5-4-6-13-21)30-25(23)22-14-7-8-15-24(22)34-3/h4-18H,1-3H3,(H,28,32)(H,29,33). The highest BCUT2D eigenvalue weighted by Crippen LogP contribution is 2.32. The quantitative estimate of drug-likeness (QED) is 0.392. The maximum atomic E-state index is 13.4. The van der Waals surface area contributed by atoms with Gasteiger partial charge in [-0.2, -0.15) is 5.10 Å². The Bertz CT molecular complexity index is 1310. The van der Waals surface area contributed by atoms with Crippen molar-refractivity contribution in [1.29, 1.82) is 0 Å². The molecule has 2 N–H and O–H groups in total. The van der Waals surface area contributed by atoms with Crippen LogP contribution in [0.5, 0.6) is 5.75 Å². The molecule has 172 valence electrons. The highest BCUT2D eigenvalue weighted by Gasteiger charge is 2.21. The summed E-state index contributed by atoms with van der Waals surface area (Å²) in [5.41, 5.74) is 3.61. The van der Waals surface area contributed by atoms with Crippen LogP contribution in [-0.4, -0.2) is 28.7 Å². The van der Waals surface area contributed by atoms with E-state index < -0.39 is 0 Å². The van der Waals surface area contributed by atoms with Crippen LogP contribution in [0.15, 0.2) is 85.1 Å². The van der Waals surface area contributed by atoms with Crippen LogP contribution < -0.4 is 15.4 Å². The fourth-order valence-electron chi connectivity index (χ4n) is 3.45. The third-order valence-corrected chi connectivity index (χ3v) is 5.25. The van der Waals surface area contributed by atoms with Gasteiger partial charge in [-0.25, -0.2) is 4.68 Å². The molecule has 7 nitrogen and oxygen atoms in total. The number of ether oxygens (including phenoxy) is 1. The van der Waals surface area contributed by atoms with Gasteiger partial charge in [0.2, 0.25) is 5.91 Å². The second kappa shape index (κ2) is 10.0. The van der Waals surface area contributed by atoms with E-state index in [9.17, 15) is 9.59 Å². The van der Waals surface area contributed by atoms with Crippen molar-refractivity contribution in [2.75, 3.05) is 17.7 Å². The number of para-hydroxylation sites is 2. The summed E-state index contributed by atoms with van der Waals surface area (Å²) >= 11 is 0. The number of nitrogens with one attached hydrogen (secondary N) is 2. The Hall–Kier alpha value is -4.39. The largest absolute Gasteiger partial charge is 0.496 e. The first-order chi connectivity index (χ1) is 16.5. The van der Waals surface area contributed by atoms with E-state index in [-0.39, 0.29) is 17.7 Å². The molecule has 0 aliphatic rings. The Kier molecular flexibility index (Phi) is 6.73. The van der Waals surface area contributed by atoms with E-state index in [0.717, 1.165) is 5.69 Å². The van der Waals surface area contributed by atoms with E-state index in [1.165, 1.54) is 0 Å². The Balaban J connectivity index is 1.70. The van der Waals surface area contributed by atoms with Crippen molar-refractivity contribution in [3.8, 4) is 22.7 Å². The van der Waals surface area contributed by atoms with Gasteiger partial charge in [0.1, 0.15) is 11.4 Å². The monoisotopic (exact) mass is 454 g/mol. The van der Waals surface area contributed by atoms with E-state index in [1.807, 2.05) is 68.4 Å². The molecule has 0 fully saturated rings. The minimum atomic E-state index is -0.324. The van der Waals surface area contributed by atoms with Crippen LogP contribution in [0.2, 0.25) is 0 Å². The molecule has 2 amide bonds. The number of hydrogen-bond donors (Lipinski definition) is 2. The molecule has 0 aliphatic heterocycles. The van der Waals surface area contributed by atoms with Crippen molar-refractivity contribution >= 4 is 23.2 Å². The smallest absolute Gasteiger partial charge is 0.259 e. The number of methoxy groups -OCH3 is 1. The fraction of sp³-hybridized carbons (Fsp3) is 0.148. The lowest BCUT2D eigenvalue weighted by Gasteiger charge is -2.11. The predicted molar refractivity (Wildman–Crippen MR) is 133 cm³/mol. The van der Waals surface area contributed by atoms with E-state index in [2.05, 4.69) is 10.6 Å². The molecular weight excluding hydrogens is 428 g/mol. The van der Waals surface area contributed by atoms with E-state index in [4.69, 9.17) is 9.84 Å². The molecule has 7 heteroatoms. The zero-order valence-electron chi connectivity index (χ0n) is 19.3. The normalized spacial score (nSPS) is 10.7. The Morgan fingerprint density at radius 1 is 0.882 bits per heavy atom. The number of hydrogen-bond acceptors (Lipinski definition) is 4. The molecule has 0 saturated heterocycles. The van der Waals surface area contributed by atoms with E-state index in [0.29, 0.717) is 33.9 Å².